The van der Waals surface area contributed by atoms with Crippen LogP contribution in [0.2, 0.25) is 0 Å². The first-order valence-corrected chi connectivity index (χ1v) is 8.41. The van der Waals surface area contributed by atoms with E-state index in [0.29, 0.717) is 12.3 Å². The fourth-order valence-electron chi connectivity index (χ4n) is 2.66. The van der Waals surface area contributed by atoms with Crippen molar-refractivity contribution < 1.29 is 4.79 Å². The summed E-state index contributed by atoms with van der Waals surface area (Å²) in [6.45, 7) is 3.93. The smallest absolute Gasteiger partial charge is 0.220 e. The molecule has 6 heteroatoms. The van der Waals surface area contributed by atoms with Crippen LogP contribution in [0.3, 0.4) is 0 Å². The van der Waals surface area contributed by atoms with Gasteiger partial charge in [-0.1, -0.05) is 6.92 Å². The molecule has 1 saturated heterocycles. The van der Waals surface area contributed by atoms with Gasteiger partial charge in [0.2, 0.25) is 11.0 Å². The van der Waals surface area contributed by atoms with Gasteiger partial charge in [-0.2, -0.15) is 4.37 Å². The van der Waals surface area contributed by atoms with Crippen molar-refractivity contribution in [3.05, 3.63) is 5.82 Å². The van der Waals surface area contributed by atoms with Gasteiger partial charge in [0, 0.05) is 43.0 Å². The number of nitrogens with one attached hydrogen (secondary N) is 1. The molecule has 2 fully saturated rings. The molecular formula is C14H22N4OS. The molecule has 110 valence electrons. The van der Waals surface area contributed by atoms with Gasteiger partial charge in [-0.05, 0) is 32.1 Å². The minimum absolute atomic E-state index is 0.176. The maximum absolute atomic E-state index is 11.7. The van der Waals surface area contributed by atoms with E-state index in [-0.39, 0.29) is 11.9 Å². The third kappa shape index (κ3) is 3.29. The van der Waals surface area contributed by atoms with Crippen molar-refractivity contribution in [2.75, 3.05) is 18.0 Å². The number of amides is 1. The highest BCUT2D eigenvalue weighted by Crippen LogP contribution is 2.39. The van der Waals surface area contributed by atoms with Crippen molar-refractivity contribution in [1.29, 1.82) is 0 Å². The van der Waals surface area contributed by atoms with Crippen molar-refractivity contribution in [2.24, 2.45) is 0 Å². The number of carbonyl (C=O) groups excluding carboxylic acids is 1. The minimum atomic E-state index is 0.176. The van der Waals surface area contributed by atoms with E-state index < -0.39 is 0 Å². The first kappa shape index (κ1) is 13.8. The number of rotatable bonds is 5. The molecule has 1 saturated carbocycles. The lowest BCUT2D eigenvalue weighted by molar-refractivity contribution is -0.121. The Kier molecular flexibility index (Phi) is 4.19. The highest BCUT2D eigenvalue weighted by Gasteiger charge is 2.29. The molecule has 1 N–H and O–H groups in total. The van der Waals surface area contributed by atoms with E-state index in [1.165, 1.54) is 24.4 Å². The monoisotopic (exact) mass is 294 g/mol. The molecule has 1 aromatic heterocycles. The van der Waals surface area contributed by atoms with Gasteiger partial charge < -0.3 is 10.2 Å². The summed E-state index contributed by atoms with van der Waals surface area (Å²) in [7, 11) is 0. The minimum Gasteiger partial charge on any atom is -0.352 e. The Balaban J connectivity index is 1.57. The lowest BCUT2D eigenvalue weighted by Crippen LogP contribution is -2.47. The van der Waals surface area contributed by atoms with Gasteiger partial charge in [-0.15, -0.1) is 0 Å². The molecule has 2 heterocycles. The van der Waals surface area contributed by atoms with Gasteiger partial charge in [0.05, 0.1) is 0 Å². The number of piperidine rings is 1. The van der Waals surface area contributed by atoms with E-state index in [0.717, 1.165) is 43.3 Å². The zero-order chi connectivity index (χ0) is 13.9. The maximum Gasteiger partial charge on any atom is 0.220 e. The van der Waals surface area contributed by atoms with E-state index in [1.54, 1.807) is 0 Å². The number of carbonyl (C=O) groups is 1. The fraction of sp³-hybridized carbons (Fsp3) is 0.786. The molecule has 1 unspecified atom stereocenters. The lowest BCUT2D eigenvalue weighted by atomic mass is 10.1. The van der Waals surface area contributed by atoms with Crippen molar-refractivity contribution in [3.63, 3.8) is 0 Å². The number of aromatic nitrogens is 2. The van der Waals surface area contributed by atoms with Gasteiger partial charge in [0.25, 0.3) is 0 Å². The summed E-state index contributed by atoms with van der Waals surface area (Å²) in [4.78, 5) is 18.6. The second-order valence-corrected chi connectivity index (χ2v) is 6.54. The molecule has 0 bridgehead atoms. The first-order valence-electron chi connectivity index (χ1n) is 7.64. The van der Waals surface area contributed by atoms with Crippen LogP contribution in [0.15, 0.2) is 0 Å². The highest BCUT2D eigenvalue weighted by molar-refractivity contribution is 7.09. The third-order valence-corrected chi connectivity index (χ3v) is 4.70. The molecule has 1 amide bonds. The van der Waals surface area contributed by atoms with Crippen LogP contribution < -0.4 is 10.2 Å². The quantitative estimate of drug-likeness (QED) is 0.905. The van der Waals surface area contributed by atoms with E-state index in [4.69, 9.17) is 0 Å². The number of anilines is 1. The Hall–Kier alpha value is -1.17. The van der Waals surface area contributed by atoms with Crippen LogP contribution in [0.1, 0.15) is 57.2 Å². The van der Waals surface area contributed by atoms with Gasteiger partial charge in [0.1, 0.15) is 5.82 Å². The van der Waals surface area contributed by atoms with Crippen LogP contribution in [0.4, 0.5) is 5.13 Å². The Morgan fingerprint density at radius 2 is 2.30 bits per heavy atom. The topological polar surface area (TPSA) is 58.1 Å². The van der Waals surface area contributed by atoms with E-state index in [2.05, 4.69) is 19.6 Å². The summed E-state index contributed by atoms with van der Waals surface area (Å²) in [6.07, 6.45) is 6.19. The molecule has 1 aromatic rings. The summed E-state index contributed by atoms with van der Waals surface area (Å²) in [6, 6.07) is 0.260. The summed E-state index contributed by atoms with van der Waals surface area (Å²) < 4.78 is 4.47. The predicted octanol–water partition coefficient (Wildman–Crippen LogP) is 2.30. The van der Waals surface area contributed by atoms with E-state index >= 15 is 0 Å². The maximum atomic E-state index is 11.7. The van der Waals surface area contributed by atoms with Crippen LogP contribution in [-0.2, 0) is 4.79 Å². The van der Waals surface area contributed by atoms with E-state index in [9.17, 15) is 4.79 Å². The molecule has 0 radical (unpaired) electrons. The average molecular weight is 294 g/mol. The van der Waals surface area contributed by atoms with Crippen molar-refractivity contribution in [2.45, 2.75) is 57.4 Å². The largest absolute Gasteiger partial charge is 0.352 e. The first-order chi connectivity index (χ1) is 9.76. The van der Waals surface area contributed by atoms with Crippen LogP contribution in [0, 0.1) is 0 Å². The zero-order valence-electron chi connectivity index (χ0n) is 12.0. The van der Waals surface area contributed by atoms with Crippen molar-refractivity contribution in [3.8, 4) is 0 Å². The van der Waals surface area contributed by atoms with Crippen molar-refractivity contribution >= 4 is 22.6 Å². The second kappa shape index (κ2) is 6.08. The Labute approximate surface area is 123 Å². The van der Waals surface area contributed by atoms with Gasteiger partial charge in [0.15, 0.2) is 0 Å². The number of nitrogens with zero attached hydrogens (tertiary/aromatic N) is 3. The molecule has 1 atom stereocenters. The van der Waals surface area contributed by atoms with Crippen LogP contribution in [0.5, 0.6) is 0 Å². The second-order valence-electron chi connectivity index (χ2n) is 5.81. The van der Waals surface area contributed by atoms with Crippen molar-refractivity contribution in [1.82, 2.24) is 14.7 Å². The Morgan fingerprint density at radius 3 is 3.05 bits per heavy atom. The van der Waals surface area contributed by atoms with E-state index in [1.807, 2.05) is 6.92 Å². The summed E-state index contributed by atoms with van der Waals surface area (Å²) in [5.74, 6) is 1.82. The third-order valence-electron chi connectivity index (χ3n) is 3.91. The highest BCUT2D eigenvalue weighted by atomic mass is 32.1. The number of hydrogen-bond acceptors (Lipinski definition) is 5. The molecule has 5 nitrogen and oxygen atoms in total. The standard InChI is InChI=1S/C14H22N4OS/c1-2-4-12(19)15-11-5-3-8-18(9-11)14-16-13(17-20-14)10-6-7-10/h10-11H,2-9H2,1H3,(H,15,19). The number of hydrogen-bond donors (Lipinski definition) is 1. The Bertz CT molecular complexity index is 471. The van der Waals surface area contributed by atoms with Gasteiger partial charge >= 0.3 is 0 Å². The molecule has 0 spiro atoms. The molecule has 1 aliphatic heterocycles. The van der Waals surface area contributed by atoms with Crippen LogP contribution >= 0.6 is 11.5 Å². The van der Waals surface area contributed by atoms with Gasteiger partial charge in [-0.3, -0.25) is 4.79 Å². The van der Waals surface area contributed by atoms with Crippen LogP contribution in [-0.4, -0.2) is 34.4 Å². The molecule has 20 heavy (non-hydrogen) atoms. The normalized spacial score (nSPS) is 22.9. The summed E-state index contributed by atoms with van der Waals surface area (Å²) in [5, 5.41) is 4.17. The molecular weight excluding hydrogens is 272 g/mol. The molecule has 1 aliphatic carbocycles. The predicted molar refractivity (Wildman–Crippen MR) is 80.2 cm³/mol. The molecule has 3 rings (SSSR count). The fourth-order valence-corrected chi connectivity index (χ4v) is 3.44. The zero-order valence-corrected chi connectivity index (χ0v) is 12.8. The van der Waals surface area contributed by atoms with Crippen LogP contribution in [0.25, 0.3) is 0 Å². The lowest BCUT2D eigenvalue weighted by Gasteiger charge is -2.32. The summed E-state index contributed by atoms with van der Waals surface area (Å²) in [5.41, 5.74) is 0. The molecule has 0 aromatic carbocycles. The molecule has 2 aliphatic rings. The van der Waals surface area contributed by atoms with Gasteiger partial charge in [-0.25, -0.2) is 4.98 Å². The SMILES string of the molecule is CCCC(=O)NC1CCCN(c2nc(C3CC3)ns2)C1. The Morgan fingerprint density at radius 1 is 1.45 bits per heavy atom. The average Bonchev–Trinajstić information content (AvgIpc) is 3.17. The summed E-state index contributed by atoms with van der Waals surface area (Å²) >= 11 is 1.51.